The van der Waals surface area contributed by atoms with Crippen LogP contribution in [0.15, 0.2) is 0 Å². The van der Waals surface area contributed by atoms with Crippen molar-refractivity contribution in [1.82, 2.24) is 0 Å². The van der Waals surface area contributed by atoms with Gasteiger partial charge in [0.25, 0.3) is 0 Å². The monoisotopic (exact) mass is 196 g/mol. The standard InChI is InChI=1S/C5H9BrO3/c6-1-4-5(8)3(7)2-9-4/h3-5,7-8H,1-2H2. The van der Waals surface area contributed by atoms with Gasteiger partial charge in [-0.2, -0.15) is 0 Å². The predicted octanol–water partition coefficient (Wildman–Crippen LogP) is -0.498. The summed E-state index contributed by atoms with van der Waals surface area (Å²) in [5.41, 5.74) is 0. The van der Waals surface area contributed by atoms with Crippen molar-refractivity contribution in [1.29, 1.82) is 0 Å². The highest BCUT2D eigenvalue weighted by Gasteiger charge is 2.33. The van der Waals surface area contributed by atoms with Crippen LogP contribution in [0, 0.1) is 0 Å². The molecular formula is C5H9BrO3. The molecule has 0 saturated carbocycles. The van der Waals surface area contributed by atoms with Crippen molar-refractivity contribution in [3.05, 3.63) is 0 Å². The van der Waals surface area contributed by atoms with Gasteiger partial charge in [-0.15, -0.1) is 0 Å². The van der Waals surface area contributed by atoms with Gasteiger partial charge in [0.1, 0.15) is 12.2 Å². The molecule has 3 nitrogen and oxygen atoms in total. The minimum absolute atomic E-state index is 0.236. The third-order valence-corrected chi connectivity index (χ3v) is 2.05. The molecule has 1 fully saturated rings. The lowest BCUT2D eigenvalue weighted by atomic mass is 10.2. The van der Waals surface area contributed by atoms with Crippen molar-refractivity contribution < 1.29 is 14.9 Å². The molecule has 0 bridgehead atoms. The van der Waals surface area contributed by atoms with Crippen LogP contribution in [0.1, 0.15) is 0 Å². The smallest absolute Gasteiger partial charge is 0.109 e. The molecule has 3 unspecified atom stereocenters. The number of halogens is 1. The zero-order chi connectivity index (χ0) is 6.85. The van der Waals surface area contributed by atoms with E-state index in [9.17, 15) is 0 Å². The largest absolute Gasteiger partial charge is 0.388 e. The summed E-state index contributed by atoms with van der Waals surface area (Å²) in [4.78, 5) is 0. The summed E-state index contributed by atoms with van der Waals surface area (Å²) in [6.45, 7) is 0.247. The van der Waals surface area contributed by atoms with Gasteiger partial charge >= 0.3 is 0 Å². The number of aliphatic hydroxyl groups is 2. The van der Waals surface area contributed by atoms with Crippen LogP contribution < -0.4 is 0 Å². The van der Waals surface area contributed by atoms with Crippen molar-refractivity contribution in [3.63, 3.8) is 0 Å². The van der Waals surface area contributed by atoms with Crippen LogP contribution in [0.5, 0.6) is 0 Å². The molecule has 0 amide bonds. The van der Waals surface area contributed by atoms with Crippen LogP contribution >= 0.6 is 15.9 Å². The van der Waals surface area contributed by atoms with E-state index in [-0.39, 0.29) is 12.7 Å². The van der Waals surface area contributed by atoms with Gasteiger partial charge in [0.15, 0.2) is 0 Å². The summed E-state index contributed by atoms with van der Waals surface area (Å²) in [5, 5.41) is 18.5. The molecule has 0 aromatic heterocycles. The lowest BCUT2D eigenvalue weighted by molar-refractivity contribution is 0.0342. The molecule has 0 aliphatic carbocycles. The Morgan fingerprint density at radius 3 is 2.44 bits per heavy atom. The zero-order valence-electron chi connectivity index (χ0n) is 4.83. The van der Waals surface area contributed by atoms with E-state index in [1.807, 2.05) is 0 Å². The zero-order valence-corrected chi connectivity index (χ0v) is 6.41. The quantitative estimate of drug-likeness (QED) is 0.557. The Kier molecular flexibility index (Phi) is 2.46. The van der Waals surface area contributed by atoms with Crippen molar-refractivity contribution in [2.45, 2.75) is 18.3 Å². The minimum atomic E-state index is -0.718. The Labute approximate surface area is 61.8 Å². The summed E-state index contributed by atoms with van der Waals surface area (Å²) >= 11 is 3.15. The lowest BCUT2D eigenvalue weighted by Gasteiger charge is -2.10. The molecule has 1 rings (SSSR count). The average molecular weight is 197 g/mol. The van der Waals surface area contributed by atoms with Gasteiger partial charge in [0, 0.05) is 5.33 Å². The molecule has 4 heteroatoms. The molecule has 0 spiro atoms. The lowest BCUT2D eigenvalue weighted by Crippen LogP contribution is -2.30. The first-order valence-corrected chi connectivity index (χ1v) is 3.91. The molecule has 0 aromatic carbocycles. The van der Waals surface area contributed by atoms with Gasteiger partial charge in [-0.05, 0) is 0 Å². The highest BCUT2D eigenvalue weighted by atomic mass is 79.9. The van der Waals surface area contributed by atoms with Gasteiger partial charge in [-0.3, -0.25) is 0 Å². The third-order valence-electron chi connectivity index (χ3n) is 1.41. The maximum absolute atomic E-state index is 9.05. The second-order valence-electron chi connectivity index (χ2n) is 2.08. The minimum Gasteiger partial charge on any atom is -0.388 e. The van der Waals surface area contributed by atoms with Crippen LogP contribution in [0.2, 0.25) is 0 Å². The van der Waals surface area contributed by atoms with Gasteiger partial charge in [0.05, 0.1) is 12.7 Å². The summed E-state index contributed by atoms with van der Waals surface area (Å²) in [6, 6.07) is 0. The van der Waals surface area contributed by atoms with Crippen molar-refractivity contribution in [2.24, 2.45) is 0 Å². The Hall–Kier alpha value is 0.360. The van der Waals surface area contributed by atoms with Gasteiger partial charge in [-0.1, -0.05) is 15.9 Å². The van der Waals surface area contributed by atoms with E-state index in [1.165, 1.54) is 0 Å². The fourth-order valence-electron chi connectivity index (χ4n) is 0.803. The maximum Gasteiger partial charge on any atom is 0.109 e. The number of alkyl halides is 1. The highest BCUT2D eigenvalue weighted by Crippen LogP contribution is 2.15. The van der Waals surface area contributed by atoms with E-state index in [0.717, 1.165) is 0 Å². The second-order valence-corrected chi connectivity index (χ2v) is 2.73. The van der Waals surface area contributed by atoms with Crippen molar-refractivity contribution in [3.8, 4) is 0 Å². The topological polar surface area (TPSA) is 49.7 Å². The summed E-state index contributed by atoms with van der Waals surface area (Å²) in [6.07, 6.45) is -1.66. The average Bonchev–Trinajstić information content (AvgIpc) is 2.15. The maximum atomic E-state index is 9.05. The molecule has 0 aromatic rings. The number of aliphatic hydroxyl groups excluding tert-OH is 2. The fourth-order valence-corrected chi connectivity index (χ4v) is 1.37. The molecule has 3 atom stereocenters. The summed E-state index contributed by atoms with van der Waals surface area (Å²) < 4.78 is 4.98. The van der Waals surface area contributed by atoms with Crippen LogP contribution in [0.3, 0.4) is 0 Å². The highest BCUT2D eigenvalue weighted by molar-refractivity contribution is 9.09. The first kappa shape index (κ1) is 7.47. The predicted molar refractivity (Wildman–Crippen MR) is 35.5 cm³/mol. The Morgan fingerprint density at radius 2 is 2.22 bits per heavy atom. The Bertz CT molecular complexity index is 98.2. The normalized spacial score (nSPS) is 43.7. The molecule has 1 aliphatic heterocycles. The molecule has 1 heterocycles. The molecule has 2 N–H and O–H groups in total. The van der Waals surface area contributed by atoms with E-state index in [2.05, 4.69) is 15.9 Å². The third kappa shape index (κ3) is 1.43. The SMILES string of the molecule is OC1COC(CBr)C1O. The summed E-state index contributed by atoms with van der Waals surface area (Å²) in [7, 11) is 0. The van der Waals surface area contributed by atoms with Crippen LogP contribution in [0.4, 0.5) is 0 Å². The molecular weight excluding hydrogens is 188 g/mol. The molecule has 1 saturated heterocycles. The van der Waals surface area contributed by atoms with E-state index in [0.29, 0.717) is 5.33 Å². The molecule has 1 aliphatic rings. The molecule has 54 valence electrons. The van der Waals surface area contributed by atoms with E-state index in [1.54, 1.807) is 0 Å². The van der Waals surface area contributed by atoms with Gasteiger partial charge in [0.2, 0.25) is 0 Å². The number of hydrogen-bond donors (Lipinski definition) is 2. The first-order chi connectivity index (χ1) is 4.25. The summed E-state index contributed by atoms with van der Waals surface area (Å²) in [5.74, 6) is 0. The number of hydrogen-bond acceptors (Lipinski definition) is 3. The molecule has 9 heavy (non-hydrogen) atoms. The Morgan fingerprint density at radius 1 is 1.56 bits per heavy atom. The van der Waals surface area contributed by atoms with E-state index in [4.69, 9.17) is 14.9 Å². The van der Waals surface area contributed by atoms with Crippen molar-refractivity contribution in [2.75, 3.05) is 11.9 Å². The fraction of sp³-hybridized carbons (Fsp3) is 1.00. The van der Waals surface area contributed by atoms with Crippen LogP contribution in [-0.2, 0) is 4.74 Å². The number of rotatable bonds is 1. The Balaban J connectivity index is 2.41. The van der Waals surface area contributed by atoms with Crippen LogP contribution in [0.25, 0.3) is 0 Å². The van der Waals surface area contributed by atoms with E-state index >= 15 is 0 Å². The van der Waals surface area contributed by atoms with Gasteiger partial charge in [-0.25, -0.2) is 0 Å². The molecule has 0 radical (unpaired) electrons. The van der Waals surface area contributed by atoms with Crippen molar-refractivity contribution >= 4 is 15.9 Å². The number of ether oxygens (including phenoxy) is 1. The second kappa shape index (κ2) is 2.96. The van der Waals surface area contributed by atoms with E-state index < -0.39 is 12.2 Å². The van der Waals surface area contributed by atoms with Crippen LogP contribution in [-0.4, -0.2) is 40.5 Å². The van der Waals surface area contributed by atoms with Gasteiger partial charge < -0.3 is 14.9 Å². The first-order valence-electron chi connectivity index (χ1n) is 2.79.